The fraction of sp³-hybridized carbons (Fsp3) is 0.429. The van der Waals surface area contributed by atoms with Crippen LogP contribution in [0.5, 0.6) is 0 Å². The van der Waals surface area contributed by atoms with Gasteiger partial charge in [0, 0.05) is 23.6 Å². The molecule has 21 heavy (non-hydrogen) atoms. The van der Waals surface area contributed by atoms with Gasteiger partial charge in [-0.25, -0.2) is 9.18 Å². The molecular weight excluding hydrogens is 343 g/mol. The number of halogens is 2. The molecule has 1 rings (SSSR count). The molecular formula is C14H18BrFN2O3. The van der Waals surface area contributed by atoms with Crippen LogP contribution in [-0.2, 0) is 4.79 Å². The van der Waals surface area contributed by atoms with Crippen molar-refractivity contribution in [2.45, 2.75) is 19.9 Å². The van der Waals surface area contributed by atoms with Crippen LogP contribution in [0.2, 0.25) is 0 Å². The lowest BCUT2D eigenvalue weighted by Gasteiger charge is -2.23. The van der Waals surface area contributed by atoms with E-state index in [4.69, 9.17) is 5.11 Å². The Labute approximate surface area is 131 Å². The summed E-state index contributed by atoms with van der Waals surface area (Å²) >= 11 is 3.17. The third-order valence-corrected chi connectivity index (χ3v) is 3.58. The topological polar surface area (TPSA) is 69.6 Å². The van der Waals surface area contributed by atoms with Crippen molar-refractivity contribution in [2.24, 2.45) is 5.92 Å². The first-order chi connectivity index (χ1) is 9.72. The molecule has 0 aliphatic rings. The van der Waals surface area contributed by atoms with Crippen LogP contribution in [0, 0.1) is 11.7 Å². The van der Waals surface area contributed by atoms with E-state index in [-0.39, 0.29) is 6.54 Å². The van der Waals surface area contributed by atoms with Gasteiger partial charge in [-0.15, -0.1) is 0 Å². The zero-order valence-corrected chi connectivity index (χ0v) is 13.6. The van der Waals surface area contributed by atoms with Crippen molar-refractivity contribution < 1.29 is 19.1 Å². The lowest BCUT2D eigenvalue weighted by molar-refractivity contribution is -0.141. The average molecular weight is 361 g/mol. The predicted octanol–water partition coefficient (Wildman–Crippen LogP) is 3.01. The highest BCUT2D eigenvalue weighted by atomic mass is 79.9. The van der Waals surface area contributed by atoms with Gasteiger partial charge in [-0.05, 0) is 19.1 Å². The Morgan fingerprint density at radius 1 is 1.43 bits per heavy atom. The van der Waals surface area contributed by atoms with E-state index < -0.39 is 29.8 Å². The van der Waals surface area contributed by atoms with Gasteiger partial charge < -0.3 is 15.3 Å². The van der Waals surface area contributed by atoms with Gasteiger partial charge in [0.05, 0.1) is 12.0 Å². The first-order valence-electron chi connectivity index (χ1n) is 6.41. The Morgan fingerprint density at radius 3 is 2.57 bits per heavy atom. The first kappa shape index (κ1) is 17.4. The number of rotatable bonds is 5. The molecule has 0 bridgehead atoms. The van der Waals surface area contributed by atoms with E-state index in [1.165, 1.54) is 24.9 Å². The number of benzene rings is 1. The van der Waals surface area contributed by atoms with Crippen LogP contribution in [0.25, 0.3) is 0 Å². The number of nitrogens with one attached hydrogen (secondary N) is 1. The van der Waals surface area contributed by atoms with Crippen LogP contribution < -0.4 is 5.32 Å². The van der Waals surface area contributed by atoms with Crippen molar-refractivity contribution in [2.75, 3.05) is 13.6 Å². The molecule has 2 N–H and O–H groups in total. The third-order valence-electron chi connectivity index (χ3n) is 3.08. The maximum Gasteiger partial charge on any atom is 0.317 e. The van der Waals surface area contributed by atoms with Gasteiger partial charge in [-0.3, -0.25) is 4.79 Å². The number of aliphatic carboxylic acids is 1. The van der Waals surface area contributed by atoms with E-state index in [0.29, 0.717) is 10.0 Å². The van der Waals surface area contributed by atoms with Gasteiger partial charge in [-0.1, -0.05) is 28.9 Å². The van der Waals surface area contributed by atoms with Crippen molar-refractivity contribution >= 4 is 27.9 Å². The molecule has 2 amide bonds. The largest absolute Gasteiger partial charge is 0.481 e. The van der Waals surface area contributed by atoms with Crippen molar-refractivity contribution in [3.05, 3.63) is 34.1 Å². The predicted molar refractivity (Wildman–Crippen MR) is 80.5 cm³/mol. The standard InChI is InChI=1S/C14H18BrFN2O3/c1-8(13(19)20)7-18(3)14(21)17-9(2)11-5-4-10(15)6-12(11)16/h4-6,8-9H,7H2,1-3H3,(H,17,21)(H,19,20)/t8?,9-/m0/s1. The van der Waals surface area contributed by atoms with Crippen LogP contribution in [0.1, 0.15) is 25.5 Å². The Morgan fingerprint density at radius 2 is 2.05 bits per heavy atom. The minimum absolute atomic E-state index is 0.0801. The number of hydrogen-bond donors (Lipinski definition) is 2. The molecule has 0 aliphatic heterocycles. The lowest BCUT2D eigenvalue weighted by Crippen LogP contribution is -2.41. The summed E-state index contributed by atoms with van der Waals surface area (Å²) in [4.78, 5) is 24.0. The summed E-state index contributed by atoms with van der Waals surface area (Å²) in [6.07, 6.45) is 0. The molecule has 0 aromatic heterocycles. The van der Waals surface area contributed by atoms with Crippen molar-refractivity contribution in [3.8, 4) is 0 Å². The van der Waals surface area contributed by atoms with Gasteiger partial charge in [-0.2, -0.15) is 0 Å². The third kappa shape index (κ3) is 5.00. The van der Waals surface area contributed by atoms with Gasteiger partial charge in [0.2, 0.25) is 0 Å². The molecule has 0 spiro atoms. The second-order valence-corrected chi connectivity index (χ2v) is 5.87. The van der Waals surface area contributed by atoms with Crippen LogP contribution >= 0.6 is 15.9 Å². The molecule has 1 aromatic rings. The number of nitrogens with zero attached hydrogens (tertiary/aromatic N) is 1. The summed E-state index contributed by atoms with van der Waals surface area (Å²) in [5.41, 5.74) is 0.367. The summed E-state index contributed by atoms with van der Waals surface area (Å²) in [6, 6.07) is 3.64. The van der Waals surface area contributed by atoms with Crippen LogP contribution in [0.3, 0.4) is 0 Å². The van der Waals surface area contributed by atoms with Gasteiger partial charge >= 0.3 is 12.0 Å². The van der Waals surface area contributed by atoms with Gasteiger partial charge in [0.15, 0.2) is 0 Å². The molecule has 0 radical (unpaired) electrons. The number of carboxylic acid groups (broad SMARTS) is 1. The summed E-state index contributed by atoms with van der Waals surface area (Å²) in [6.45, 7) is 3.26. The van der Waals surface area contributed by atoms with E-state index in [0.717, 1.165) is 0 Å². The van der Waals surface area contributed by atoms with E-state index in [1.54, 1.807) is 19.1 Å². The van der Waals surface area contributed by atoms with E-state index in [2.05, 4.69) is 21.2 Å². The quantitative estimate of drug-likeness (QED) is 0.847. The van der Waals surface area contributed by atoms with E-state index >= 15 is 0 Å². The highest BCUT2D eigenvalue weighted by Gasteiger charge is 2.20. The van der Waals surface area contributed by atoms with Gasteiger partial charge in [0.25, 0.3) is 0 Å². The number of carbonyl (C=O) groups excluding carboxylic acids is 1. The highest BCUT2D eigenvalue weighted by Crippen LogP contribution is 2.21. The Balaban J connectivity index is 2.67. The lowest BCUT2D eigenvalue weighted by atomic mass is 10.1. The van der Waals surface area contributed by atoms with Crippen molar-refractivity contribution in [1.29, 1.82) is 0 Å². The van der Waals surface area contributed by atoms with Crippen LogP contribution in [0.15, 0.2) is 22.7 Å². The molecule has 1 unspecified atom stereocenters. The van der Waals surface area contributed by atoms with Crippen LogP contribution in [-0.4, -0.2) is 35.6 Å². The minimum Gasteiger partial charge on any atom is -0.481 e. The fourth-order valence-electron chi connectivity index (χ4n) is 1.80. The Hall–Kier alpha value is -1.63. The molecule has 2 atom stereocenters. The highest BCUT2D eigenvalue weighted by molar-refractivity contribution is 9.10. The molecule has 1 aromatic carbocycles. The summed E-state index contributed by atoms with van der Waals surface area (Å²) in [5.74, 6) is -2.05. The molecule has 0 saturated carbocycles. The van der Waals surface area contributed by atoms with Crippen molar-refractivity contribution in [1.82, 2.24) is 10.2 Å². The zero-order chi connectivity index (χ0) is 16.2. The Kier molecular flexibility index (Phi) is 6.14. The SMILES string of the molecule is CC(CN(C)C(=O)N[C@@H](C)c1ccc(Br)cc1F)C(=O)O. The monoisotopic (exact) mass is 360 g/mol. The zero-order valence-electron chi connectivity index (χ0n) is 12.1. The summed E-state index contributed by atoms with van der Waals surface area (Å²) in [5, 5.41) is 11.5. The second kappa shape index (κ2) is 7.40. The molecule has 0 saturated heterocycles. The Bertz CT molecular complexity index is 539. The number of carboxylic acids is 1. The maximum atomic E-state index is 13.8. The molecule has 0 fully saturated rings. The summed E-state index contributed by atoms with van der Waals surface area (Å²) in [7, 11) is 1.50. The minimum atomic E-state index is -0.971. The molecule has 5 nitrogen and oxygen atoms in total. The number of amides is 2. The van der Waals surface area contributed by atoms with E-state index in [1.807, 2.05) is 0 Å². The molecule has 7 heteroatoms. The normalized spacial score (nSPS) is 13.4. The second-order valence-electron chi connectivity index (χ2n) is 4.96. The number of carbonyl (C=O) groups is 2. The van der Waals surface area contributed by atoms with Crippen LogP contribution in [0.4, 0.5) is 9.18 Å². The average Bonchev–Trinajstić information content (AvgIpc) is 2.37. The number of urea groups is 1. The molecule has 116 valence electrons. The first-order valence-corrected chi connectivity index (χ1v) is 7.21. The summed E-state index contributed by atoms with van der Waals surface area (Å²) < 4.78 is 14.4. The van der Waals surface area contributed by atoms with Gasteiger partial charge in [0.1, 0.15) is 5.82 Å². The maximum absolute atomic E-state index is 13.8. The molecule has 0 heterocycles. The van der Waals surface area contributed by atoms with Crippen molar-refractivity contribution in [3.63, 3.8) is 0 Å². The fourth-order valence-corrected chi connectivity index (χ4v) is 2.13. The van der Waals surface area contributed by atoms with E-state index in [9.17, 15) is 14.0 Å². The molecule has 0 aliphatic carbocycles. The smallest absolute Gasteiger partial charge is 0.317 e. The number of hydrogen-bond acceptors (Lipinski definition) is 2.